The molecule has 4 heteroatoms. The summed E-state index contributed by atoms with van der Waals surface area (Å²) >= 11 is 1.70. The number of rotatable bonds is 5. The van der Waals surface area contributed by atoms with E-state index in [0.29, 0.717) is 0 Å². The monoisotopic (exact) mass is 285 g/mol. The van der Waals surface area contributed by atoms with Crippen LogP contribution < -0.4 is 5.73 Å². The molecule has 0 spiro atoms. The van der Waals surface area contributed by atoms with Gasteiger partial charge in [0, 0.05) is 28.8 Å². The number of thiazole rings is 1. The summed E-state index contributed by atoms with van der Waals surface area (Å²) in [4.78, 5) is 5.42. The van der Waals surface area contributed by atoms with Crippen molar-refractivity contribution >= 4 is 22.2 Å². The predicted octanol–water partition coefficient (Wildman–Crippen LogP) is 3.43. The predicted molar refractivity (Wildman–Crippen MR) is 85.1 cm³/mol. The van der Waals surface area contributed by atoms with E-state index in [0.717, 1.165) is 19.4 Å². The molecule has 3 rings (SSSR count). The van der Waals surface area contributed by atoms with Gasteiger partial charge in [-0.15, -0.1) is 11.3 Å². The van der Waals surface area contributed by atoms with E-state index in [4.69, 9.17) is 5.73 Å². The lowest BCUT2D eigenvalue weighted by Gasteiger charge is -2.10. The zero-order valence-corrected chi connectivity index (χ0v) is 12.4. The summed E-state index contributed by atoms with van der Waals surface area (Å²) in [7, 11) is 0. The average molecular weight is 285 g/mol. The molecule has 3 nitrogen and oxygen atoms in total. The molecule has 0 aliphatic rings. The summed E-state index contributed by atoms with van der Waals surface area (Å²) in [6.07, 6.45) is 6.04. The van der Waals surface area contributed by atoms with Gasteiger partial charge < -0.3 is 10.3 Å². The first-order valence-electron chi connectivity index (χ1n) is 6.97. The van der Waals surface area contributed by atoms with Gasteiger partial charge in [-0.3, -0.25) is 4.98 Å². The van der Waals surface area contributed by atoms with Crippen LogP contribution in [-0.2, 0) is 13.0 Å². The van der Waals surface area contributed by atoms with Crippen LogP contribution >= 0.6 is 11.3 Å². The van der Waals surface area contributed by atoms with Crippen molar-refractivity contribution < 1.29 is 0 Å². The molecule has 2 heterocycles. The lowest BCUT2D eigenvalue weighted by atomic mass is 10.0. The Hall–Kier alpha value is -1.65. The van der Waals surface area contributed by atoms with Gasteiger partial charge in [0.25, 0.3) is 0 Å². The summed E-state index contributed by atoms with van der Waals surface area (Å²) in [5, 5.41) is 1.28. The number of hydrogen-bond acceptors (Lipinski definition) is 3. The van der Waals surface area contributed by atoms with Gasteiger partial charge in [0.15, 0.2) is 0 Å². The van der Waals surface area contributed by atoms with Crippen molar-refractivity contribution in [3.05, 3.63) is 52.6 Å². The van der Waals surface area contributed by atoms with Crippen molar-refractivity contribution in [2.75, 3.05) is 0 Å². The number of benzene rings is 1. The summed E-state index contributed by atoms with van der Waals surface area (Å²) in [6, 6.07) is 9.06. The minimum atomic E-state index is 0.248. The second-order valence-corrected chi connectivity index (χ2v) is 6.15. The highest BCUT2D eigenvalue weighted by molar-refractivity contribution is 7.09. The summed E-state index contributed by atoms with van der Waals surface area (Å²) in [5.41, 5.74) is 10.5. The molecule has 0 amide bonds. The van der Waals surface area contributed by atoms with Crippen molar-refractivity contribution in [2.24, 2.45) is 5.73 Å². The Labute approximate surface area is 123 Å². The quantitative estimate of drug-likeness (QED) is 0.780. The van der Waals surface area contributed by atoms with Crippen LogP contribution in [0.5, 0.6) is 0 Å². The summed E-state index contributed by atoms with van der Waals surface area (Å²) < 4.78 is 2.28. The molecule has 1 atom stereocenters. The van der Waals surface area contributed by atoms with E-state index in [1.165, 1.54) is 21.3 Å². The fourth-order valence-corrected chi connectivity index (χ4v) is 3.02. The van der Waals surface area contributed by atoms with Crippen molar-refractivity contribution in [3.63, 3.8) is 0 Å². The third-order valence-corrected chi connectivity index (χ3v) is 4.43. The largest absolute Gasteiger partial charge is 0.342 e. The standard InChI is InChI=1S/C16H19N3S/c1-2-14(17)7-12-3-4-13-5-6-19(16(13)8-12)10-15-9-18-11-20-15/h3-6,8-9,11,14H,2,7,10,17H2,1H3. The van der Waals surface area contributed by atoms with Crippen molar-refractivity contribution in [1.29, 1.82) is 0 Å². The van der Waals surface area contributed by atoms with E-state index in [-0.39, 0.29) is 6.04 Å². The van der Waals surface area contributed by atoms with E-state index in [2.05, 4.69) is 46.9 Å². The minimum absolute atomic E-state index is 0.248. The van der Waals surface area contributed by atoms with Gasteiger partial charge in [-0.1, -0.05) is 19.1 Å². The molecule has 1 aromatic carbocycles. The Balaban J connectivity index is 1.91. The van der Waals surface area contributed by atoms with Gasteiger partial charge in [-0.25, -0.2) is 0 Å². The van der Waals surface area contributed by atoms with Gasteiger partial charge in [0.1, 0.15) is 0 Å². The Kier molecular flexibility index (Phi) is 3.85. The highest BCUT2D eigenvalue weighted by Gasteiger charge is 2.06. The van der Waals surface area contributed by atoms with Crippen LogP contribution in [0.1, 0.15) is 23.8 Å². The molecule has 3 aromatic rings. The molecule has 0 aliphatic heterocycles. The first-order chi connectivity index (χ1) is 9.76. The molecule has 104 valence electrons. The second kappa shape index (κ2) is 5.77. The highest BCUT2D eigenvalue weighted by Crippen LogP contribution is 2.20. The SMILES string of the molecule is CCC(N)Cc1ccc2ccn(Cc3cncs3)c2c1. The number of nitrogens with two attached hydrogens (primary N) is 1. The molecule has 0 saturated heterocycles. The highest BCUT2D eigenvalue weighted by atomic mass is 32.1. The van der Waals surface area contributed by atoms with Crippen molar-refractivity contribution in [1.82, 2.24) is 9.55 Å². The van der Waals surface area contributed by atoms with Crippen LogP contribution in [0.3, 0.4) is 0 Å². The topological polar surface area (TPSA) is 43.8 Å². The Morgan fingerprint density at radius 3 is 3.00 bits per heavy atom. The van der Waals surface area contributed by atoms with Crippen LogP contribution in [0.15, 0.2) is 42.2 Å². The Bertz CT molecular complexity index is 685. The molecular weight excluding hydrogens is 266 g/mol. The number of hydrogen-bond donors (Lipinski definition) is 1. The number of nitrogens with zero attached hydrogens (tertiary/aromatic N) is 2. The van der Waals surface area contributed by atoms with E-state index >= 15 is 0 Å². The lowest BCUT2D eigenvalue weighted by Crippen LogP contribution is -2.21. The first-order valence-corrected chi connectivity index (χ1v) is 7.85. The minimum Gasteiger partial charge on any atom is -0.342 e. The maximum Gasteiger partial charge on any atom is 0.0794 e. The Morgan fingerprint density at radius 2 is 2.25 bits per heavy atom. The van der Waals surface area contributed by atoms with Gasteiger partial charge in [-0.05, 0) is 35.9 Å². The van der Waals surface area contributed by atoms with Gasteiger partial charge in [-0.2, -0.15) is 0 Å². The van der Waals surface area contributed by atoms with Crippen LogP contribution in [0.4, 0.5) is 0 Å². The van der Waals surface area contributed by atoms with E-state index in [1.54, 1.807) is 11.3 Å². The van der Waals surface area contributed by atoms with Crippen molar-refractivity contribution in [2.45, 2.75) is 32.4 Å². The van der Waals surface area contributed by atoms with Crippen LogP contribution in [0, 0.1) is 0 Å². The molecule has 20 heavy (non-hydrogen) atoms. The molecule has 0 bridgehead atoms. The fourth-order valence-electron chi connectivity index (χ4n) is 2.43. The third kappa shape index (κ3) is 2.76. The van der Waals surface area contributed by atoms with Crippen LogP contribution in [0.2, 0.25) is 0 Å². The van der Waals surface area contributed by atoms with E-state index in [9.17, 15) is 0 Å². The average Bonchev–Trinajstić information content (AvgIpc) is 3.10. The maximum absolute atomic E-state index is 6.06. The number of fused-ring (bicyclic) bond motifs is 1. The molecule has 0 radical (unpaired) electrons. The smallest absolute Gasteiger partial charge is 0.0794 e. The summed E-state index contributed by atoms with van der Waals surface area (Å²) in [6.45, 7) is 3.02. The van der Waals surface area contributed by atoms with Gasteiger partial charge in [0.05, 0.1) is 12.1 Å². The third-order valence-electron chi connectivity index (χ3n) is 3.67. The molecule has 1 unspecified atom stereocenters. The molecule has 0 aliphatic carbocycles. The maximum atomic E-state index is 6.06. The normalized spacial score (nSPS) is 12.9. The first kappa shape index (κ1) is 13.3. The molecule has 0 fully saturated rings. The fraction of sp³-hybridized carbons (Fsp3) is 0.312. The van der Waals surface area contributed by atoms with Crippen molar-refractivity contribution in [3.8, 4) is 0 Å². The van der Waals surface area contributed by atoms with Crippen LogP contribution in [-0.4, -0.2) is 15.6 Å². The number of aromatic nitrogens is 2. The zero-order valence-electron chi connectivity index (χ0n) is 11.6. The second-order valence-electron chi connectivity index (χ2n) is 5.18. The van der Waals surface area contributed by atoms with Gasteiger partial charge in [0.2, 0.25) is 0 Å². The molecule has 0 saturated carbocycles. The summed E-state index contributed by atoms with van der Waals surface area (Å²) in [5.74, 6) is 0. The molecule has 2 N–H and O–H groups in total. The molecular formula is C16H19N3S. The lowest BCUT2D eigenvalue weighted by molar-refractivity contribution is 0.646. The van der Waals surface area contributed by atoms with E-state index < -0.39 is 0 Å². The molecule has 2 aromatic heterocycles. The Morgan fingerprint density at radius 1 is 1.35 bits per heavy atom. The van der Waals surface area contributed by atoms with Crippen LogP contribution in [0.25, 0.3) is 10.9 Å². The van der Waals surface area contributed by atoms with Gasteiger partial charge >= 0.3 is 0 Å². The van der Waals surface area contributed by atoms with E-state index in [1.807, 2.05) is 11.7 Å². The zero-order chi connectivity index (χ0) is 13.9.